The molecule has 0 aliphatic heterocycles. The molecule has 0 fully saturated rings. The Hall–Kier alpha value is -2.20. The molecule has 0 radical (unpaired) electrons. The van der Waals surface area contributed by atoms with Gasteiger partial charge in [0.25, 0.3) is 5.91 Å². The fourth-order valence-electron chi connectivity index (χ4n) is 1.59. The number of nitrogens with one attached hydrogen (secondary N) is 1. The summed E-state index contributed by atoms with van der Waals surface area (Å²) in [5, 5.41) is 3.01. The van der Waals surface area contributed by atoms with Crippen molar-refractivity contribution in [3.8, 4) is 11.5 Å². The smallest absolute Gasteiger partial charge is 0.254 e. The summed E-state index contributed by atoms with van der Waals surface area (Å²) in [7, 11) is 1.55. The maximum atomic E-state index is 11.8. The number of hydrogen-bond acceptors (Lipinski definition) is 3. The van der Waals surface area contributed by atoms with E-state index in [9.17, 15) is 4.79 Å². The van der Waals surface area contributed by atoms with Crippen molar-refractivity contribution in [3.63, 3.8) is 0 Å². The van der Waals surface area contributed by atoms with Gasteiger partial charge in [-0.2, -0.15) is 0 Å². The molecule has 98 valence electrons. The molecule has 0 atom stereocenters. The number of nitrogens with two attached hydrogens (primary N) is 1. The van der Waals surface area contributed by atoms with Crippen molar-refractivity contribution in [2.45, 2.75) is 0 Å². The summed E-state index contributed by atoms with van der Waals surface area (Å²) in [5.41, 5.74) is 6.62. The normalized spacial score (nSPS) is 10.0. The molecular weight excluding hydrogens is 264 g/mol. The first-order valence-electron chi connectivity index (χ1n) is 5.66. The van der Waals surface area contributed by atoms with E-state index in [-0.39, 0.29) is 5.91 Å². The Kier molecular flexibility index (Phi) is 3.92. The molecule has 4 nitrogen and oxygen atoms in total. The molecule has 0 aliphatic rings. The van der Waals surface area contributed by atoms with E-state index in [1.54, 1.807) is 49.5 Å². The van der Waals surface area contributed by atoms with Crippen LogP contribution in [0.3, 0.4) is 0 Å². The number of nitrogen functional groups attached to an aromatic ring is 1. The Bertz CT molecular complexity index is 614. The fourth-order valence-corrected chi connectivity index (χ4v) is 1.77. The largest absolute Gasteiger partial charge is 0.455 e. The van der Waals surface area contributed by atoms with E-state index in [4.69, 9.17) is 22.1 Å². The SMILES string of the molecule is CNC(=O)c1ccc(N)cc1Oc1ccccc1Cl. The monoisotopic (exact) mass is 276 g/mol. The van der Waals surface area contributed by atoms with Crippen LogP contribution in [0.1, 0.15) is 10.4 Å². The Morgan fingerprint density at radius 1 is 1.21 bits per heavy atom. The minimum atomic E-state index is -0.248. The molecule has 2 aromatic rings. The first-order valence-corrected chi connectivity index (χ1v) is 6.03. The first kappa shape index (κ1) is 13.2. The van der Waals surface area contributed by atoms with E-state index in [0.29, 0.717) is 27.8 Å². The zero-order valence-corrected chi connectivity index (χ0v) is 11.1. The van der Waals surface area contributed by atoms with E-state index in [1.165, 1.54) is 0 Å². The number of benzene rings is 2. The van der Waals surface area contributed by atoms with Gasteiger partial charge in [-0.25, -0.2) is 0 Å². The lowest BCUT2D eigenvalue weighted by atomic mass is 10.1. The van der Waals surface area contributed by atoms with Crippen molar-refractivity contribution in [1.82, 2.24) is 5.32 Å². The number of rotatable bonds is 3. The molecule has 0 saturated carbocycles. The third-order valence-corrected chi connectivity index (χ3v) is 2.85. The molecule has 0 aliphatic carbocycles. The van der Waals surface area contributed by atoms with E-state index in [0.717, 1.165) is 0 Å². The number of amides is 1. The van der Waals surface area contributed by atoms with E-state index in [2.05, 4.69) is 5.32 Å². The molecule has 0 aromatic heterocycles. The fraction of sp³-hybridized carbons (Fsp3) is 0.0714. The van der Waals surface area contributed by atoms with Crippen molar-refractivity contribution in [2.75, 3.05) is 12.8 Å². The average molecular weight is 277 g/mol. The van der Waals surface area contributed by atoms with Gasteiger partial charge in [0.05, 0.1) is 10.6 Å². The Morgan fingerprint density at radius 2 is 1.95 bits per heavy atom. The number of carbonyl (C=O) groups is 1. The summed E-state index contributed by atoms with van der Waals surface area (Å²) in [6.45, 7) is 0. The van der Waals surface area contributed by atoms with Crippen molar-refractivity contribution in [1.29, 1.82) is 0 Å². The third-order valence-electron chi connectivity index (χ3n) is 2.53. The van der Waals surface area contributed by atoms with Gasteiger partial charge in [0.1, 0.15) is 11.5 Å². The van der Waals surface area contributed by atoms with Crippen LogP contribution >= 0.6 is 11.6 Å². The third kappa shape index (κ3) is 2.98. The second kappa shape index (κ2) is 5.63. The number of para-hydroxylation sites is 1. The lowest BCUT2D eigenvalue weighted by Crippen LogP contribution is -2.18. The number of anilines is 1. The van der Waals surface area contributed by atoms with Crippen molar-refractivity contribution < 1.29 is 9.53 Å². The van der Waals surface area contributed by atoms with Gasteiger partial charge in [0, 0.05) is 18.8 Å². The van der Waals surface area contributed by atoms with Gasteiger partial charge < -0.3 is 15.8 Å². The molecular formula is C14H13ClN2O2. The predicted octanol–water partition coefficient (Wildman–Crippen LogP) is 3.07. The van der Waals surface area contributed by atoms with Gasteiger partial charge in [0.2, 0.25) is 0 Å². The highest BCUT2D eigenvalue weighted by molar-refractivity contribution is 6.32. The van der Waals surface area contributed by atoms with Gasteiger partial charge in [-0.05, 0) is 24.3 Å². The summed E-state index contributed by atoms with van der Waals surface area (Å²) in [5.74, 6) is 0.592. The second-order valence-electron chi connectivity index (χ2n) is 3.87. The first-order chi connectivity index (χ1) is 9.11. The van der Waals surface area contributed by atoms with E-state index < -0.39 is 0 Å². The molecule has 3 N–H and O–H groups in total. The number of hydrogen-bond donors (Lipinski definition) is 2. The quantitative estimate of drug-likeness (QED) is 0.847. The molecule has 0 unspecified atom stereocenters. The molecule has 1 amide bonds. The van der Waals surface area contributed by atoms with Crippen LogP contribution in [0, 0.1) is 0 Å². The summed E-state index contributed by atoms with van der Waals surface area (Å²) < 4.78 is 5.67. The number of ether oxygens (including phenoxy) is 1. The van der Waals surface area contributed by atoms with Crippen LogP contribution < -0.4 is 15.8 Å². The zero-order chi connectivity index (χ0) is 13.8. The van der Waals surface area contributed by atoms with Crippen LogP contribution in [0.2, 0.25) is 5.02 Å². The van der Waals surface area contributed by atoms with Crippen molar-refractivity contribution in [2.24, 2.45) is 0 Å². The minimum Gasteiger partial charge on any atom is -0.455 e. The van der Waals surface area contributed by atoms with Crippen LogP contribution in [0.25, 0.3) is 0 Å². The summed E-state index contributed by atoms with van der Waals surface area (Å²) >= 11 is 6.02. The summed E-state index contributed by atoms with van der Waals surface area (Å²) in [6.07, 6.45) is 0. The van der Waals surface area contributed by atoms with Gasteiger partial charge in [-0.1, -0.05) is 23.7 Å². The number of halogens is 1. The molecule has 0 bridgehead atoms. The lowest BCUT2D eigenvalue weighted by molar-refractivity contribution is 0.0961. The zero-order valence-electron chi connectivity index (χ0n) is 10.3. The number of carbonyl (C=O) groups excluding carboxylic acids is 1. The van der Waals surface area contributed by atoms with Gasteiger partial charge >= 0.3 is 0 Å². The summed E-state index contributed by atoms with van der Waals surface area (Å²) in [6, 6.07) is 11.9. The Labute approximate surface area is 116 Å². The van der Waals surface area contributed by atoms with Gasteiger partial charge in [-0.3, -0.25) is 4.79 Å². The standard InChI is InChI=1S/C14H13ClN2O2/c1-17-14(18)10-7-6-9(16)8-13(10)19-12-5-3-2-4-11(12)15/h2-8H,16H2,1H3,(H,17,18). The maximum absolute atomic E-state index is 11.8. The summed E-state index contributed by atoms with van der Waals surface area (Å²) in [4.78, 5) is 11.8. The maximum Gasteiger partial charge on any atom is 0.254 e. The molecule has 0 spiro atoms. The van der Waals surface area contributed by atoms with Crippen molar-refractivity contribution >= 4 is 23.2 Å². The van der Waals surface area contributed by atoms with Crippen LogP contribution in [-0.4, -0.2) is 13.0 Å². The van der Waals surface area contributed by atoms with Crippen molar-refractivity contribution in [3.05, 3.63) is 53.1 Å². The molecule has 2 aromatic carbocycles. The lowest BCUT2D eigenvalue weighted by Gasteiger charge is -2.12. The van der Waals surface area contributed by atoms with Crippen LogP contribution in [0.4, 0.5) is 5.69 Å². The molecule has 0 saturated heterocycles. The Morgan fingerprint density at radius 3 is 2.63 bits per heavy atom. The molecule has 19 heavy (non-hydrogen) atoms. The highest BCUT2D eigenvalue weighted by Gasteiger charge is 2.13. The van der Waals surface area contributed by atoms with Gasteiger partial charge in [0.15, 0.2) is 0 Å². The highest BCUT2D eigenvalue weighted by atomic mass is 35.5. The highest BCUT2D eigenvalue weighted by Crippen LogP contribution is 2.32. The second-order valence-corrected chi connectivity index (χ2v) is 4.27. The topological polar surface area (TPSA) is 64.4 Å². The van der Waals surface area contributed by atoms with E-state index >= 15 is 0 Å². The average Bonchev–Trinajstić information content (AvgIpc) is 2.41. The molecule has 5 heteroatoms. The predicted molar refractivity (Wildman–Crippen MR) is 75.8 cm³/mol. The minimum absolute atomic E-state index is 0.248. The van der Waals surface area contributed by atoms with Gasteiger partial charge in [-0.15, -0.1) is 0 Å². The van der Waals surface area contributed by atoms with Crippen LogP contribution in [0.5, 0.6) is 11.5 Å². The Balaban J connectivity index is 2.41. The molecule has 2 rings (SSSR count). The van der Waals surface area contributed by atoms with Crippen LogP contribution in [0.15, 0.2) is 42.5 Å². The van der Waals surface area contributed by atoms with E-state index in [1.807, 2.05) is 0 Å². The van der Waals surface area contributed by atoms with Crippen LogP contribution in [-0.2, 0) is 0 Å². The molecule has 0 heterocycles.